The van der Waals surface area contributed by atoms with Crippen molar-refractivity contribution >= 4 is 5.91 Å². The third kappa shape index (κ3) is 4.04. The van der Waals surface area contributed by atoms with Crippen LogP contribution in [0, 0.1) is 13.8 Å². The monoisotopic (exact) mass is 390 g/mol. The Morgan fingerprint density at radius 3 is 2.59 bits per heavy atom. The van der Waals surface area contributed by atoms with Gasteiger partial charge in [0.05, 0.1) is 11.3 Å². The highest BCUT2D eigenvalue weighted by molar-refractivity contribution is 5.94. The zero-order valence-corrected chi connectivity index (χ0v) is 16.9. The molecule has 0 atom stereocenters. The molecule has 5 heteroatoms. The number of hydrogen-bond donors (Lipinski definition) is 1. The van der Waals surface area contributed by atoms with Gasteiger partial charge in [0.25, 0.3) is 5.91 Å². The van der Waals surface area contributed by atoms with Crippen LogP contribution in [0.4, 0.5) is 0 Å². The number of carbonyl (C=O) groups excluding carboxylic acids is 1. The lowest BCUT2D eigenvalue weighted by Crippen LogP contribution is -2.45. The van der Waals surface area contributed by atoms with E-state index in [1.165, 1.54) is 12.0 Å². The van der Waals surface area contributed by atoms with Gasteiger partial charge < -0.3 is 14.6 Å². The van der Waals surface area contributed by atoms with E-state index < -0.39 is 0 Å². The molecule has 1 aromatic heterocycles. The van der Waals surface area contributed by atoms with Crippen LogP contribution in [-0.4, -0.2) is 17.6 Å². The number of carbonyl (C=O) groups is 1. The maximum Gasteiger partial charge on any atom is 0.251 e. The summed E-state index contributed by atoms with van der Waals surface area (Å²) in [6.07, 6.45) is 3.42. The van der Waals surface area contributed by atoms with Crippen molar-refractivity contribution in [2.75, 3.05) is 6.54 Å². The molecule has 1 heterocycles. The average Bonchev–Trinajstić information content (AvgIpc) is 3.04. The number of ether oxygens (including phenoxy) is 1. The SMILES string of the molecule is Cc1noc(C)c1COc1cccc(C(=O)NCC2(c3ccccc3)CCC2)c1. The van der Waals surface area contributed by atoms with Crippen molar-refractivity contribution in [3.63, 3.8) is 0 Å². The molecule has 1 N–H and O–H groups in total. The van der Waals surface area contributed by atoms with E-state index in [-0.39, 0.29) is 11.3 Å². The van der Waals surface area contributed by atoms with Crippen LogP contribution in [0.3, 0.4) is 0 Å². The van der Waals surface area contributed by atoms with Gasteiger partial charge in [0, 0.05) is 17.5 Å². The predicted molar refractivity (Wildman–Crippen MR) is 111 cm³/mol. The van der Waals surface area contributed by atoms with E-state index >= 15 is 0 Å². The van der Waals surface area contributed by atoms with Gasteiger partial charge in [0.1, 0.15) is 18.1 Å². The zero-order valence-electron chi connectivity index (χ0n) is 16.9. The van der Waals surface area contributed by atoms with Crippen molar-refractivity contribution < 1.29 is 14.1 Å². The van der Waals surface area contributed by atoms with Crippen LogP contribution >= 0.6 is 0 Å². The molecule has 1 amide bonds. The number of nitrogens with zero attached hydrogens (tertiary/aromatic N) is 1. The second kappa shape index (κ2) is 8.11. The van der Waals surface area contributed by atoms with Crippen LogP contribution in [0.2, 0.25) is 0 Å². The molecule has 0 bridgehead atoms. The molecule has 2 aromatic carbocycles. The Balaban J connectivity index is 1.40. The Morgan fingerprint density at radius 2 is 1.93 bits per heavy atom. The molecule has 0 aliphatic heterocycles. The summed E-state index contributed by atoms with van der Waals surface area (Å²) in [4.78, 5) is 12.8. The summed E-state index contributed by atoms with van der Waals surface area (Å²) in [5.41, 5.74) is 3.73. The fraction of sp³-hybridized carbons (Fsp3) is 0.333. The zero-order chi connectivity index (χ0) is 20.3. The van der Waals surface area contributed by atoms with Gasteiger partial charge in [-0.05, 0) is 50.5 Å². The summed E-state index contributed by atoms with van der Waals surface area (Å²) in [7, 11) is 0. The largest absolute Gasteiger partial charge is 0.489 e. The minimum Gasteiger partial charge on any atom is -0.489 e. The van der Waals surface area contributed by atoms with Gasteiger partial charge >= 0.3 is 0 Å². The fourth-order valence-electron chi connectivity index (χ4n) is 3.90. The lowest BCUT2D eigenvalue weighted by Gasteiger charge is -2.42. The van der Waals surface area contributed by atoms with Crippen molar-refractivity contribution in [3.8, 4) is 5.75 Å². The summed E-state index contributed by atoms with van der Waals surface area (Å²) in [6, 6.07) is 17.8. The summed E-state index contributed by atoms with van der Waals surface area (Å²) >= 11 is 0. The molecule has 0 saturated heterocycles. The number of hydrogen-bond acceptors (Lipinski definition) is 4. The van der Waals surface area contributed by atoms with Gasteiger partial charge in [-0.15, -0.1) is 0 Å². The van der Waals surface area contributed by atoms with Crippen LogP contribution in [0.15, 0.2) is 59.1 Å². The lowest BCUT2D eigenvalue weighted by atomic mass is 9.64. The Morgan fingerprint density at radius 1 is 1.14 bits per heavy atom. The van der Waals surface area contributed by atoms with Crippen LogP contribution in [0.5, 0.6) is 5.75 Å². The van der Waals surface area contributed by atoms with E-state index in [0.717, 1.165) is 29.9 Å². The normalized spacial score (nSPS) is 14.8. The van der Waals surface area contributed by atoms with Gasteiger partial charge in [0.2, 0.25) is 0 Å². The lowest BCUT2D eigenvalue weighted by molar-refractivity contribution is 0.0927. The molecular formula is C24H26N2O3. The standard InChI is InChI=1S/C24H26N2O3/c1-17-22(18(2)29-26-17)15-28-21-11-6-8-19(14-21)23(27)25-16-24(12-7-13-24)20-9-4-3-5-10-20/h3-6,8-11,14H,7,12-13,15-16H2,1-2H3,(H,25,27). The van der Waals surface area contributed by atoms with E-state index in [9.17, 15) is 4.79 Å². The summed E-state index contributed by atoms with van der Waals surface area (Å²) in [5, 5.41) is 7.08. The second-order valence-electron chi connectivity index (χ2n) is 7.80. The van der Waals surface area contributed by atoms with Crippen LogP contribution in [-0.2, 0) is 12.0 Å². The number of aromatic nitrogens is 1. The number of amides is 1. The predicted octanol–water partition coefficient (Wildman–Crippen LogP) is 4.72. The van der Waals surface area contributed by atoms with Crippen molar-refractivity contribution in [1.82, 2.24) is 10.5 Å². The average molecular weight is 390 g/mol. The molecule has 0 unspecified atom stereocenters. The molecule has 5 nitrogen and oxygen atoms in total. The quantitative estimate of drug-likeness (QED) is 0.634. The van der Waals surface area contributed by atoms with Crippen molar-refractivity contribution in [1.29, 1.82) is 0 Å². The second-order valence-corrected chi connectivity index (χ2v) is 7.80. The van der Waals surface area contributed by atoms with E-state index in [0.29, 0.717) is 24.5 Å². The molecule has 4 rings (SSSR count). The third-order valence-electron chi connectivity index (χ3n) is 5.94. The van der Waals surface area contributed by atoms with Crippen molar-refractivity contribution in [3.05, 3.63) is 82.7 Å². The molecule has 1 fully saturated rings. The van der Waals surface area contributed by atoms with Crippen molar-refractivity contribution in [2.45, 2.75) is 45.1 Å². The van der Waals surface area contributed by atoms with Gasteiger partial charge in [-0.1, -0.05) is 48.0 Å². The minimum atomic E-state index is -0.0741. The Labute approximate surface area is 171 Å². The van der Waals surface area contributed by atoms with Crippen LogP contribution in [0.25, 0.3) is 0 Å². The van der Waals surface area contributed by atoms with Gasteiger partial charge in [0.15, 0.2) is 0 Å². The number of rotatable bonds is 7. The van der Waals surface area contributed by atoms with E-state index in [2.05, 4.69) is 34.7 Å². The molecule has 150 valence electrons. The first-order valence-electron chi connectivity index (χ1n) is 10.1. The number of benzene rings is 2. The van der Waals surface area contributed by atoms with E-state index in [4.69, 9.17) is 9.26 Å². The summed E-state index contributed by atoms with van der Waals surface area (Å²) in [6.45, 7) is 4.77. The van der Waals surface area contributed by atoms with Crippen molar-refractivity contribution in [2.24, 2.45) is 0 Å². The highest BCUT2D eigenvalue weighted by Crippen LogP contribution is 2.43. The van der Waals surface area contributed by atoms with Gasteiger partial charge in [-0.3, -0.25) is 4.79 Å². The molecular weight excluding hydrogens is 364 g/mol. The molecule has 1 aliphatic rings. The fourth-order valence-corrected chi connectivity index (χ4v) is 3.90. The van der Waals surface area contributed by atoms with E-state index in [1.54, 1.807) is 6.07 Å². The van der Waals surface area contributed by atoms with Gasteiger partial charge in [-0.25, -0.2) is 0 Å². The maximum absolute atomic E-state index is 12.8. The highest BCUT2D eigenvalue weighted by atomic mass is 16.5. The smallest absolute Gasteiger partial charge is 0.251 e. The molecule has 3 aromatic rings. The highest BCUT2D eigenvalue weighted by Gasteiger charge is 2.38. The topological polar surface area (TPSA) is 64.4 Å². The Hall–Kier alpha value is -3.08. The van der Waals surface area contributed by atoms with E-state index in [1.807, 2.05) is 38.1 Å². The summed E-state index contributed by atoms with van der Waals surface area (Å²) < 4.78 is 11.0. The molecule has 1 saturated carbocycles. The first-order chi connectivity index (χ1) is 14.1. The van der Waals surface area contributed by atoms with Gasteiger partial charge in [-0.2, -0.15) is 0 Å². The molecule has 0 radical (unpaired) electrons. The number of aryl methyl sites for hydroxylation is 2. The third-order valence-corrected chi connectivity index (χ3v) is 5.94. The molecule has 0 spiro atoms. The molecule has 29 heavy (non-hydrogen) atoms. The van der Waals surface area contributed by atoms with Crippen LogP contribution in [0.1, 0.15) is 52.2 Å². The van der Waals surface area contributed by atoms with Crippen LogP contribution < -0.4 is 10.1 Å². The Bertz CT molecular complexity index is 971. The maximum atomic E-state index is 12.8. The first kappa shape index (κ1) is 19.2. The molecule has 1 aliphatic carbocycles. The first-order valence-corrected chi connectivity index (χ1v) is 10.1. The summed E-state index contributed by atoms with van der Waals surface area (Å²) in [5.74, 6) is 1.33. The Kier molecular flexibility index (Phi) is 5.38. The number of nitrogens with one attached hydrogen (secondary N) is 1. The minimum absolute atomic E-state index is 0.0639.